The highest BCUT2D eigenvalue weighted by molar-refractivity contribution is 5.77. The first kappa shape index (κ1) is 13.7. The molecule has 0 bridgehead atoms. The molecule has 0 spiro atoms. The van der Waals surface area contributed by atoms with Gasteiger partial charge in [0.25, 0.3) is 0 Å². The van der Waals surface area contributed by atoms with Crippen LogP contribution in [0.5, 0.6) is 0 Å². The lowest BCUT2D eigenvalue weighted by molar-refractivity contribution is -0.125. The molecule has 0 aliphatic heterocycles. The molecule has 0 aliphatic rings. The number of carbonyl (C=O) groups is 2. The van der Waals surface area contributed by atoms with E-state index in [4.69, 9.17) is 16.2 Å². The first-order chi connectivity index (χ1) is 6.65. The summed E-state index contributed by atoms with van der Waals surface area (Å²) in [5.74, 6) is -0.594. The van der Waals surface area contributed by atoms with Crippen molar-refractivity contribution >= 4 is 12.0 Å². The molecule has 5 heteroatoms. The lowest BCUT2D eigenvalue weighted by atomic mass is 9.85. The van der Waals surface area contributed by atoms with E-state index in [0.29, 0.717) is 6.42 Å². The van der Waals surface area contributed by atoms with Crippen molar-refractivity contribution in [1.82, 2.24) is 0 Å². The number of amides is 2. The summed E-state index contributed by atoms with van der Waals surface area (Å²) in [7, 11) is 0. The molecule has 0 unspecified atom stereocenters. The molecule has 0 heterocycles. The third-order valence-electron chi connectivity index (χ3n) is 2.26. The van der Waals surface area contributed by atoms with Gasteiger partial charge in [0.1, 0.15) is 5.60 Å². The highest BCUT2D eigenvalue weighted by atomic mass is 16.6. The predicted molar refractivity (Wildman–Crippen MR) is 56.9 cm³/mol. The van der Waals surface area contributed by atoms with Gasteiger partial charge in [0.15, 0.2) is 0 Å². The molecule has 15 heavy (non-hydrogen) atoms. The minimum absolute atomic E-state index is 0.109. The second kappa shape index (κ2) is 5.00. The zero-order valence-electron chi connectivity index (χ0n) is 9.74. The van der Waals surface area contributed by atoms with Crippen LogP contribution in [-0.4, -0.2) is 17.6 Å². The van der Waals surface area contributed by atoms with Crippen LogP contribution in [-0.2, 0) is 9.53 Å². The van der Waals surface area contributed by atoms with Crippen molar-refractivity contribution in [2.24, 2.45) is 23.3 Å². The highest BCUT2D eigenvalue weighted by Crippen LogP contribution is 2.25. The van der Waals surface area contributed by atoms with Crippen LogP contribution in [0.4, 0.5) is 4.79 Å². The predicted octanol–water partition coefficient (Wildman–Crippen LogP) is 1.01. The number of rotatable bonds is 5. The van der Waals surface area contributed by atoms with Crippen LogP contribution in [0, 0.1) is 11.8 Å². The van der Waals surface area contributed by atoms with Crippen molar-refractivity contribution in [2.45, 2.75) is 39.7 Å². The maximum Gasteiger partial charge on any atom is 0.405 e. The van der Waals surface area contributed by atoms with Crippen LogP contribution >= 0.6 is 0 Å². The van der Waals surface area contributed by atoms with Gasteiger partial charge < -0.3 is 16.2 Å². The fourth-order valence-corrected chi connectivity index (χ4v) is 1.51. The average molecular weight is 216 g/mol. The summed E-state index contributed by atoms with van der Waals surface area (Å²) in [6.07, 6.45) is -0.463. The molecule has 0 saturated carbocycles. The van der Waals surface area contributed by atoms with Gasteiger partial charge in [-0.3, -0.25) is 4.79 Å². The Morgan fingerprint density at radius 1 is 1.27 bits per heavy atom. The second-order valence-corrected chi connectivity index (χ2v) is 4.64. The molecule has 0 rings (SSSR count). The van der Waals surface area contributed by atoms with Gasteiger partial charge >= 0.3 is 6.09 Å². The fraction of sp³-hybridized carbons (Fsp3) is 0.800. The van der Waals surface area contributed by atoms with E-state index >= 15 is 0 Å². The summed E-state index contributed by atoms with van der Waals surface area (Å²) in [5, 5.41) is 0. The largest absolute Gasteiger partial charge is 0.444 e. The van der Waals surface area contributed by atoms with E-state index in [1.54, 1.807) is 13.8 Å². The Hall–Kier alpha value is -1.26. The SMILES string of the molecule is CC(C)[C@H](CC(C)(C)OC(N)=O)C(N)=O. The second-order valence-electron chi connectivity index (χ2n) is 4.64. The lowest BCUT2D eigenvalue weighted by Crippen LogP contribution is -2.38. The van der Waals surface area contributed by atoms with Gasteiger partial charge in [-0.15, -0.1) is 0 Å². The zero-order valence-corrected chi connectivity index (χ0v) is 9.74. The zero-order chi connectivity index (χ0) is 12.2. The van der Waals surface area contributed by atoms with Gasteiger partial charge in [-0.1, -0.05) is 13.8 Å². The van der Waals surface area contributed by atoms with Crippen LogP contribution in [0.15, 0.2) is 0 Å². The molecule has 0 aromatic carbocycles. The van der Waals surface area contributed by atoms with E-state index in [2.05, 4.69) is 0 Å². The summed E-state index contributed by atoms with van der Waals surface area (Å²) in [4.78, 5) is 21.8. The molecule has 0 radical (unpaired) electrons. The molecule has 0 fully saturated rings. The third kappa shape index (κ3) is 5.24. The number of nitrogens with two attached hydrogens (primary N) is 2. The summed E-state index contributed by atoms with van der Waals surface area (Å²) in [6.45, 7) is 7.21. The molecule has 88 valence electrons. The summed E-state index contributed by atoms with van der Waals surface area (Å²) in [6, 6.07) is 0. The van der Waals surface area contributed by atoms with Crippen molar-refractivity contribution in [3.05, 3.63) is 0 Å². The molecule has 0 saturated heterocycles. The molecule has 0 aromatic rings. The number of primary amides is 2. The summed E-state index contributed by atoms with van der Waals surface area (Å²) in [5.41, 5.74) is 9.43. The molecular formula is C10H20N2O3. The number of hydrogen-bond donors (Lipinski definition) is 2. The van der Waals surface area contributed by atoms with Gasteiger partial charge in [0.05, 0.1) is 0 Å². The minimum atomic E-state index is -0.841. The van der Waals surface area contributed by atoms with Crippen molar-refractivity contribution < 1.29 is 14.3 Å². The monoisotopic (exact) mass is 216 g/mol. The Labute approximate surface area is 90.1 Å². The number of hydrogen-bond acceptors (Lipinski definition) is 3. The third-order valence-corrected chi connectivity index (χ3v) is 2.26. The highest BCUT2D eigenvalue weighted by Gasteiger charge is 2.31. The van der Waals surface area contributed by atoms with Crippen LogP contribution in [0.1, 0.15) is 34.1 Å². The number of ether oxygens (including phenoxy) is 1. The summed E-state index contributed by atoms with van der Waals surface area (Å²) >= 11 is 0. The maximum atomic E-state index is 11.2. The van der Waals surface area contributed by atoms with Crippen LogP contribution in [0.3, 0.4) is 0 Å². The van der Waals surface area contributed by atoms with Crippen molar-refractivity contribution in [3.8, 4) is 0 Å². The fourth-order valence-electron chi connectivity index (χ4n) is 1.51. The Kier molecular flexibility index (Phi) is 4.58. The maximum absolute atomic E-state index is 11.2. The van der Waals surface area contributed by atoms with E-state index in [1.807, 2.05) is 13.8 Å². The van der Waals surface area contributed by atoms with Gasteiger partial charge in [-0.05, 0) is 26.2 Å². The smallest absolute Gasteiger partial charge is 0.405 e. The molecule has 0 aliphatic carbocycles. The van der Waals surface area contributed by atoms with E-state index in [9.17, 15) is 9.59 Å². The molecular weight excluding hydrogens is 196 g/mol. The lowest BCUT2D eigenvalue weighted by Gasteiger charge is -2.29. The van der Waals surface area contributed by atoms with Gasteiger partial charge in [0.2, 0.25) is 5.91 Å². The first-order valence-corrected chi connectivity index (χ1v) is 4.93. The average Bonchev–Trinajstić information content (AvgIpc) is 1.96. The molecule has 0 aromatic heterocycles. The Bertz CT molecular complexity index is 249. The minimum Gasteiger partial charge on any atom is -0.444 e. The van der Waals surface area contributed by atoms with E-state index in [-0.39, 0.29) is 17.7 Å². The van der Waals surface area contributed by atoms with E-state index in [0.717, 1.165) is 0 Å². The van der Waals surface area contributed by atoms with Gasteiger partial charge in [-0.25, -0.2) is 4.79 Å². The first-order valence-electron chi connectivity index (χ1n) is 4.93. The normalized spacial score (nSPS) is 13.7. The molecule has 5 nitrogen and oxygen atoms in total. The van der Waals surface area contributed by atoms with Crippen molar-refractivity contribution in [2.75, 3.05) is 0 Å². The quantitative estimate of drug-likeness (QED) is 0.717. The van der Waals surface area contributed by atoms with E-state index in [1.165, 1.54) is 0 Å². The Balaban J connectivity index is 4.52. The van der Waals surface area contributed by atoms with Crippen molar-refractivity contribution in [3.63, 3.8) is 0 Å². The van der Waals surface area contributed by atoms with Crippen LogP contribution in [0.2, 0.25) is 0 Å². The van der Waals surface area contributed by atoms with Gasteiger partial charge in [0, 0.05) is 5.92 Å². The topological polar surface area (TPSA) is 95.4 Å². The molecule has 4 N–H and O–H groups in total. The Morgan fingerprint density at radius 2 is 1.73 bits per heavy atom. The summed E-state index contributed by atoms with van der Waals surface area (Å²) < 4.78 is 4.90. The molecule has 1 atom stereocenters. The van der Waals surface area contributed by atoms with E-state index < -0.39 is 11.7 Å². The number of carbonyl (C=O) groups excluding carboxylic acids is 2. The molecule has 2 amide bonds. The van der Waals surface area contributed by atoms with Crippen LogP contribution < -0.4 is 11.5 Å². The Morgan fingerprint density at radius 3 is 2.00 bits per heavy atom. The standard InChI is InChI=1S/C10H20N2O3/c1-6(2)7(8(11)13)5-10(3,4)15-9(12)14/h6-7H,5H2,1-4H3,(H2,11,13)(H2,12,14)/t7-/m0/s1. The van der Waals surface area contributed by atoms with Gasteiger partial charge in [-0.2, -0.15) is 0 Å². The van der Waals surface area contributed by atoms with Crippen molar-refractivity contribution in [1.29, 1.82) is 0 Å². The van der Waals surface area contributed by atoms with Crippen LogP contribution in [0.25, 0.3) is 0 Å².